The van der Waals surface area contributed by atoms with Crippen molar-refractivity contribution in [3.05, 3.63) is 41.5 Å². The van der Waals surface area contributed by atoms with Crippen LogP contribution in [-0.4, -0.2) is 26.2 Å². The van der Waals surface area contributed by atoms with Gasteiger partial charge in [0.1, 0.15) is 0 Å². The molecule has 0 aliphatic rings. The molecule has 154 valence electrons. The SMILES string of the molecule is C=CCCCC(O)C[Se]c1c(C(C)(C)C)cc(C(C)(C)C)cc1C(C)(C)C. The Morgan fingerprint density at radius 2 is 1.41 bits per heavy atom. The molecule has 0 bridgehead atoms. The van der Waals surface area contributed by atoms with Gasteiger partial charge in [-0.2, -0.15) is 0 Å². The molecule has 0 saturated heterocycles. The number of aliphatic hydroxyl groups is 1. The van der Waals surface area contributed by atoms with Crippen molar-refractivity contribution < 1.29 is 5.11 Å². The monoisotopic (exact) mass is 438 g/mol. The molecule has 1 N–H and O–H groups in total. The second-order valence-corrected chi connectivity index (χ2v) is 13.0. The molecule has 0 aliphatic heterocycles. The summed E-state index contributed by atoms with van der Waals surface area (Å²) in [7, 11) is 0. The Bertz CT molecular complexity index is 588. The average Bonchev–Trinajstić information content (AvgIpc) is 2.49. The van der Waals surface area contributed by atoms with E-state index in [9.17, 15) is 5.11 Å². The summed E-state index contributed by atoms with van der Waals surface area (Å²) < 4.78 is 1.51. The molecule has 1 aromatic rings. The van der Waals surface area contributed by atoms with Gasteiger partial charge < -0.3 is 0 Å². The molecule has 0 amide bonds. The van der Waals surface area contributed by atoms with E-state index in [1.165, 1.54) is 21.2 Å². The molecule has 1 unspecified atom stereocenters. The van der Waals surface area contributed by atoms with Gasteiger partial charge >= 0.3 is 175 Å². The Morgan fingerprint density at radius 1 is 0.926 bits per heavy atom. The van der Waals surface area contributed by atoms with E-state index >= 15 is 0 Å². The van der Waals surface area contributed by atoms with E-state index in [1.807, 2.05) is 6.08 Å². The summed E-state index contributed by atoms with van der Waals surface area (Å²) >= 11 is 0.273. The fourth-order valence-corrected chi connectivity index (χ4v) is 6.38. The van der Waals surface area contributed by atoms with Crippen LogP contribution in [0.1, 0.15) is 98.3 Å². The molecule has 1 aromatic carbocycles. The average molecular weight is 438 g/mol. The minimum atomic E-state index is -0.201. The fourth-order valence-electron chi connectivity index (χ4n) is 3.09. The molecule has 0 fully saturated rings. The number of benzene rings is 1. The van der Waals surface area contributed by atoms with Crippen LogP contribution in [0.5, 0.6) is 0 Å². The van der Waals surface area contributed by atoms with Crippen molar-refractivity contribution >= 4 is 19.4 Å². The number of aliphatic hydroxyl groups excluding tert-OH is 1. The van der Waals surface area contributed by atoms with E-state index in [-0.39, 0.29) is 37.3 Å². The third-order valence-electron chi connectivity index (χ3n) is 4.94. The first-order chi connectivity index (χ1) is 12.2. The molecule has 0 heterocycles. The van der Waals surface area contributed by atoms with E-state index < -0.39 is 0 Å². The standard InChI is InChI=1S/C25H42OSe/c1-11-12-13-14-19(26)17-27-22-20(24(5,6)7)15-18(23(2,3)4)16-21(22)25(8,9)10/h11,15-16,19,26H,1,12-14,17H2,2-10H3. The summed E-state index contributed by atoms with van der Waals surface area (Å²) in [4.78, 5) is 0. The summed E-state index contributed by atoms with van der Waals surface area (Å²) in [5.41, 5.74) is 4.70. The molecule has 1 atom stereocenters. The van der Waals surface area contributed by atoms with Crippen LogP contribution in [0.3, 0.4) is 0 Å². The van der Waals surface area contributed by atoms with Crippen molar-refractivity contribution in [1.82, 2.24) is 0 Å². The molecular formula is C25H42OSe. The maximum absolute atomic E-state index is 10.5. The van der Waals surface area contributed by atoms with E-state index in [0.29, 0.717) is 0 Å². The van der Waals surface area contributed by atoms with Gasteiger partial charge in [-0.05, 0) is 0 Å². The number of unbranched alkanes of at least 4 members (excludes halogenated alkanes) is 1. The number of hydrogen-bond acceptors (Lipinski definition) is 1. The summed E-state index contributed by atoms with van der Waals surface area (Å²) in [6, 6.07) is 4.88. The van der Waals surface area contributed by atoms with Gasteiger partial charge in [0.05, 0.1) is 0 Å². The first kappa shape index (κ1) is 24.5. The predicted octanol–water partition coefficient (Wildman–Crippen LogP) is 6.04. The van der Waals surface area contributed by atoms with Crippen LogP contribution in [0, 0.1) is 0 Å². The molecule has 1 nitrogen and oxygen atoms in total. The molecule has 1 rings (SSSR count). The molecule has 0 spiro atoms. The van der Waals surface area contributed by atoms with Gasteiger partial charge in [-0.15, -0.1) is 0 Å². The van der Waals surface area contributed by atoms with Gasteiger partial charge in [-0.25, -0.2) is 0 Å². The summed E-state index contributed by atoms with van der Waals surface area (Å²) in [6.45, 7) is 24.6. The Hall–Kier alpha value is -0.561. The molecule has 0 aromatic heterocycles. The molecule has 0 saturated carbocycles. The van der Waals surface area contributed by atoms with Gasteiger partial charge in [0.15, 0.2) is 0 Å². The predicted molar refractivity (Wildman–Crippen MR) is 123 cm³/mol. The minimum absolute atomic E-state index is 0.103. The third kappa shape index (κ3) is 7.41. The second-order valence-electron chi connectivity index (χ2n) is 10.8. The zero-order valence-electron chi connectivity index (χ0n) is 19.2. The molecular weight excluding hydrogens is 395 g/mol. The summed E-state index contributed by atoms with van der Waals surface area (Å²) in [6.07, 6.45) is 4.64. The molecule has 2 heteroatoms. The molecule has 0 aliphatic carbocycles. The van der Waals surface area contributed by atoms with Gasteiger partial charge in [-0.1, -0.05) is 0 Å². The summed E-state index contributed by atoms with van der Waals surface area (Å²) in [5, 5.41) is 11.4. The van der Waals surface area contributed by atoms with Gasteiger partial charge in [-0.3, -0.25) is 0 Å². The van der Waals surface area contributed by atoms with Crippen LogP contribution in [0.15, 0.2) is 24.8 Å². The normalized spacial score (nSPS) is 14.3. The Labute approximate surface area is 175 Å². The van der Waals surface area contributed by atoms with E-state index in [0.717, 1.165) is 24.6 Å². The fraction of sp³-hybridized carbons (Fsp3) is 0.680. The van der Waals surface area contributed by atoms with Crippen molar-refractivity contribution in [3.63, 3.8) is 0 Å². The first-order valence-electron chi connectivity index (χ1n) is 10.3. The van der Waals surface area contributed by atoms with Crippen molar-refractivity contribution in [3.8, 4) is 0 Å². The van der Waals surface area contributed by atoms with Crippen LogP contribution in [-0.2, 0) is 16.2 Å². The number of hydrogen-bond donors (Lipinski definition) is 1. The summed E-state index contributed by atoms with van der Waals surface area (Å²) in [5.74, 6) is 0. The Balaban J connectivity index is 3.36. The topological polar surface area (TPSA) is 20.2 Å². The van der Waals surface area contributed by atoms with Crippen LogP contribution in [0.25, 0.3) is 0 Å². The number of allylic oxidation sites excluding steroid dienone is 1. The van der Waals surface area contributed by atoms with Crippen LogP contribution < -0.4 is 4.46 Å². The van der Waals surface area contributed by atoms with Crippen LogP contribution in [0.2, 0.25) is 5.32 Å². The first-order valence-corrected chi connectivity index (χ1v) is 12.4. The Morgan fingerprint density at radius 3 is 1.78 bits per heavy atom. The zero-order valence-corrected chi connectivity index (χ0v) is 20.9. The van der Waals surface area contributed by atoms with Gasteiger partial charge in [0.2, 0.25) is 0 Å². The van der Waals surface area contributed by atoms with Gasteiger partial charge in [0, 0.05) is 0 Å². The second kappa shape index (κ2) is 9.29. The van der Waals surface area contributed by atoms with Crippen molar-refractivity contribution in [2.75, 3.05) is 0 Å². The zero-order chi connectivity index (χ0) is 21.0. The van der Waals surface area contributed by atoms with Crippen LogP contribution >= 0.6 is 0 Å². The van der Waals surface area contributed by atoms with E-state index in [2.05, 4.69) is 81.0 Å². The van der Waals surface area contributed by atoms with Crippen molar-refractivity contribution in [2.24, 2.45) is 0 Å². The van der Waals surface area contributed by atoms with E-state index in [1.54, 1.807) is 0 Å². The van der Waals surface area contributed by atoms with Crippen molar-refractivity contribution in [2.45, 2.75) is 109 Å². The van der Waals surface area contributed by atoms with Gasteiger partial charge in [0.25, 0.3) is 0 Å². The number of rotatable bonds is 7. The molecule has 0 radical (unpaired) electrons. The molecule has 27 heavy (non-hydrogen) atoms. The quantitative estimate of drug-likeness (QED) is 0.313. The van der Waals surface area contributed by atoms with Crippen molar-refractivity contribution in [1.29, 1.82) is 0 Å². The van der Waals surface area contributed by atoms with E-state index in [4.69, 9.17) is 0 Å². The maximum atomic E-state index is 10.5. The van der Waals surface area contributed by atoms with Crippen LogP contribution in [0.4, 0.5) is 0 Å². The third-order valence-corrected chi connectivity index (χ3v) is 7.62. The Kier molecular flexibility index (Phi) is 8.42.